The molecule has 2 heterocycles. The molecule has 0 unspecified atom stereocenters. The van der Waals surface area contributed by atoms with Crippen LogP contribution in [0.5, 0.6) is 0 Å². The fourth-order valence-electron chi connectivity index (χ4n) is 1.25. The highest BCUT2D eigenvalue weighted by Gasteiger charge is 2.22. The first-order chi connectivity index (χ1) is 8.70. The van der Waals surface area contributed by atoms with E-state index in [1.54, 1.807) is 0 Å². The molecule has 0 amide bonds. The van der Waals surface area contributed by atoms with Crippen LogP contribution in [-0.2, 0) is 20.0 Å². The zero-order chi connectivity index (χ0) is 14.3. The van der Waals surface area contributed by atoms with Crippen LogP contribution in [0.4, 0.5) is 5.13 Å². The quantitative estimate of drug-likeness (QED) is 0.698. The second kappa shape index (κ2) is 4.56. The first kappa shape index (κ1) is 13.9. The summed E-state index contributed by atoms with van der Waals surface area (Å²) in [5.74, 6) is 0. The molecule has 2 rings (SSSR count). The molecule has 0 spiro atoms. The number of H-pyrrole nitrogens is 1. The van der Waals surface area contributed by atoms with E-state index in [0.29, 0.717) is 11.3 Å². The summed E-state index contributed by atoms with van der Waals surface area (Å²) in [5, 5.41) is 10.5. The molecule has 104 valence electrons. The van der Waals surface area contributed by atoms with Gasteiger partial charge >= 0.3 is 0 Å². The molecule has 0 aliphatic rings. The van der Waals surface area contributed by atoms with Crippen molar-refractivity contribution in [2.45, 2.75) is 16.2 Å². The lowest BCUT2D eigenvalue weighted by molar-refractivity contribution is 0.596. The number of hydrogen-bond donors (Lipinski definition) is 3. The van der Waals surface area contributed by atoms with Crippen LogP contribution in [0.2, 0.25) is 0 Å². The third-order valence-electron chi connectivity index (χ3n) is 2.00. The monoisotopic (exact) mass is 323 g/mol. The number of anilines is 1. The molecular formula is C7H9N5O4S3. The van der Waals surface area contributed by atoms with Crippen LogP contribution in [0.15, 0.2) is 21.5 Å². The van der Waals surface area contributed by atoms with Gasteiger partial charge in [-0.3, -0.25) is 9.82 Å². The molecule has 2 aromatic rings. The van der Waals surface area contributed by atoms with Gasteiger partial charge in [-0.1, -0.05) is 11.3 Å². The Kier molecular flexibility index (Phi) is 3.34. The summed E-state index contributed by atoms with van der Waals surface area (Å²) < 4.78 is 48.1. The van der Waals surface area contributed by atoms with Crippen LogP contribution in [0, 0.1) is 6.92 Å². The average molecular weight is 323 g/mol. The Morgan fingerprint density at radius 3 is 2.53 bits per heavy atom. The van der Waals surface area contributed by atoms with E-state index in [-0.39, 0.29) is 20.1 Å². The normalized spacial score (nSPS) is 12.5. The van der Waals surface area contributed by atoms with E-state index >= 15 is 0 Å². The van der Waals surface area contributed by atoms with Crippen molar-refractivity contribution < 1.29 is 16.8 Å². The van der Waals surface area contributed by atoms with Crippen molar-refractivity contribution in [3.05, 3.63) is 18.0 Å². The van der Waals surface area contributed by atoms with Gasteiger partial charge in [-0.25, -0.2) is 18.5 Å². The van der Waals surface area contributed by atoms with Crippen LogP contribution in [0.25, 0.3) is 0 Å². The van der Waals surface area contributed by atoms with Crippen LogP contribution >= 0.6 is 11.3 Å². The maximum absolute atomic E-state index is 11.8. The zero-order valence-corrected chi connectivity index (χ0v) is 11.9. The zero-order valence-electron chi connectivity index (χ0n) is 9.48. The fourth-order valence-corrected chi connectivity index (χ4v) is 4.26. The number of aromatic amines is 1. The minimum atomic E-state index is -3.92. The highest BCUT2D eigenvalue weighted by molar-refractivity contribution is 7.93. The van der Waals surface area contributed by atoms with E-state index in [4.69, 9.17) is 5.14 Å². The Balaban J connectivity index is 2.36. The van der Waals surface area contributed by atoms with Crippen LogP contribution < -0.4 is 9.86 Å². The molecule has 2 aromatic heterocycles. The number of hydrogen-bond acceptors (Lipinski definition) is 7. The minimum absolute atomic E-state index is 0.0869. The first-order valence-electron chi connectivity index (χ1n) is 4.72. The largest absolute Gasteiger partial charge is 0.280 e. The van der Waals surface area contributed by atoms with Crippen molar-refractivity contribution in [1.82, 2.24) is 15.2 Å². The molecule has 0 radical (unpaired) electrons. The summed E-state index contributed by atoms with van der Waals surface area (Å²) in [7, 11) is -7.80. The predicted octanol–water partition coefficient (Wildman–Crippen LogP) is -0.377. The summed E-state index contributed by atoms with van der Waals surface area (Å²) >= 11 is 0.642. The number of nitrogens with two attached hydrogens (primary N) is 1. The Morgan fingerprint density at radius 2 is 2.05 bits per heavy atom. The SMILES string of the molecule is Cc1nc(NS(=O)(=O)c2ccn[nH]2)sc1S(N)(=O)=O. The third kappa shape index (κ3) is 2.91. The van der Waals surface area contributed by atoms with E-state index in [1.807, 2.05) is 0 Å². The molecule has 0 bridgehead atoms. The number of rotatable bonds is 4. The second-order valence-electron chi connectivity index (χ2n) is 3.46. The highest BCUT2D eigenvalue weighted by Crippen LogP contribution is 2.27. The summed E-state index contributed by atoms with van der Waals surface area (Å²) in [6.07, 6.45) is 1.28. The molecule has 0 aromatic carbocycles. The van der Waals surface area contributed by atoms with Crippen molar-refractivity contribution in [2.24, 2.45) is 5.14 Å². The lowest BCUT2D eigenvalue weighted by atomic mass is 10.6. The highest BCUT2D eigenvalue weighted by atomic mass is 32.2. The van der Waals surface area contributed by atoms with Gasteiger partial charge in [0.15, 0.2) is 14.4 Å². The molecule has 4 N–H and O–H groups in total. The third-order valence-corrected chi connectivity index (χ3v) is 6.02. The lowest BCUT2D eigenvalue weighted by Crippen LogP contribution is -2.13. The maximum Gasteiger partial charge on any atom is 0.280 e. The molecule has 0 fully saturated rings. The van der Waals surface area contributed by atoms with Gasteiger partial charge in [0.05, 0.1) is 11.9 Å². The van der Waals surface area contributed by atoms with Crippen LogP contribution in [0.3, 0.4) is 0 Å². The minimum Gasteiger partial charge on any atom is -0.266 e. The first-order valence-corrected chi connectivity index (χ1v) is 8.57. The molecule has 19 heavy (non-hydrogen) atoms. The van der Waals surface area contributed by atoms with Crippen molar-refractivity contribution >= 4 is 36.5 Å². The van der Waals surface area contributed by atoms with Crippen LogP contribution in [0.1, 0.15) is 5.69 Å². The van der Waals surface area contributed by atoms with E-state index in [0.717, 1.165) is 0 Å². The average Bonchev–Trinajstić information content (AvgIpc) is 2.85. The summed E-state index contributed by atoms with van der Waals surface area (Å²) in [5.41, 5.74) is 0.134. The van der Waals surface area contributed by atoms with E-state index < -0.39 is 20.0 Å². The van der Waals surface area contributed by atoms with E-state index in [1.165, 1.54) is 19.2 Å². The van der Waals surface area contributed by atoms with Gasteiger partial charge in [-0.15, -0.1) is 0 Å². The standard InChI is InChI=1S/C7H9N5O4S3/c1-4-6(18(8,13)14)17-7(10-4)12-19(15,16)5-2-3-9-11-5/h2-3H,1H3,(H,9,11)(H,10,12)(H2,8,13,14). The summed E-state index contributed by atoms with van der Waals surface area (Å²) in [6, 6.07) is 1.25. The number of thiazole rings is 1. The van der Waals surface area contributed by atoms with Gasteiger partial charge in [0.1, 0.15) is 0 Å². The number of nitrogens with one attached hydrogen (secondary N) is 2. The molecule has 0 atom stereocenters. The van der Waals surface area contributed by atoms with Gasteiger partial charge in [-0.05, 0) is 13.0 Å². The topological polar surface area (TPSA) is 148 Å². The number of primary sulfonamides is 1. The molecule has 12 heteroatoms. The van der Waals surface area contributed by atoms with Crippen molar-refractivity contribution in [1.29, 1.82) is 0 Å². The molecule has 0 saturated carbocycles. The van der Waals surface area contributed by atoms with Gasteiger partial charge < -0.3 is 0 Å². The smallest absolute Gasteiger partial charge is 0.266 e. The van der Waals surface area contributed by atoms with Crippen molar-refractivity contribution in [3.8, 4) is 0 Å². The molecule has 0 aliphatic heterocycles. The Labute approximate surface area is 113 Å². The molecule has 9 nitrogen and oxygen atoms in total. The number of aromatic nitrogens is 3. The second-order valence-corrected chi connectivity index (χ2v) is 7.87. The Bertz CT molecular complexity index is 790. The fraction of sp³-hybridized carbons (Fsp3) is 0.143. The number of sulfonamides is 2. The van der Waals surface area contributed by atoms with Gasteiger partial charge in [0, 0.05) is 0 Å². The van der Waals surface area contributed by atoms with E-state index in [9.17, 15) is 16.8 Å². The number of nitrogens with zero attached hydrogens (tertiary/aromatic N) is 2. The lowest BCUT2D eigenvalue weighted by Gasteiger charge is -2.00. The predicted molar refractivity (Wildman–Crippen MR) is 67.6 cm³/mol. The summed E-state index contributed by atoms with van der Waals surface area (Å²) in [4.78, 5) is 3.81. The van der Waals surface area contributed by atoms with Crippen LogP contribution in [-0.4, -0.2) is 32.0 Å². The number of aryl methyl sites for hydroxylation is 1. The van der Waals surface area contributed by atoms with Gasteiger partial charge in [-0.2, -0.15) is 13.5 Å². The summed E-state index contributed by atoms with van der Waals surface area (Å²) in [6.45, 7) is 1.42. The molecular weight excluding hydrogens is 314 g/mol. The Hall–Kier alpha value is -1.50. The maximum atomic E-state index is 11.8. The van der Waals surface area contributed by atoms with Crippen molar-refractivity contribution in [3.63, 3.8) is 0 Å². The van der Waals surface area contributed by atoms with Gasteiger partial charge in [0.2, 0.25) is 10.0 Å². The Morgan fingerprint density at radius 1 is 1.37 bits per heavy atom. The van der Waals surface area contributed by atoms with Gasteiger partial charge in [0.25, 0.3) is 10.0 Å². The van der Waals surface area contributed by atoms with Crippen molar-refractivity contribution in [2.75, 3.05) is 4.72 Å². The van der Waals surface area contributed by atoms with E-state index in [2.05, 4.69) is 19.9 Å². The molecule has 0 saturated heterocycles. The molecule has 0 aliphatic carbocycles.